The van der Waals surface area contributed by atoms with Gasteiger partial charge in [-0.2, -0.15) is 0 Å². The highest BCUT2D eigenvalue weighted by atomic mass is 16.3. The van der Waals surface area contributed by atoms with Crippen LogP contribution in [-0.2, 0) is 12.8 Å². The highest BCUT2D eigenvalue weighted by molar-refractivity contribution is 5.45. The molecule has 0 amide bonds. The fourth-order valence-electron chi connectivity index (χ4n) is 3.01. The SMILES string of the molecule is CC[C@@H]1Cc2ccc(O)cc2Cc2ccccc21. The van der Waals surface area contributed by atoms with Crippen molar-refractivity contribution in [1.29, 1.82) is 0 Å². The zero-order valence-electron chi connectivity index (χ0n) is 10.7. The molecule has 0 unspecified atom stereocenters. The summed E-state index contributed by atoms with van der Waals surface area (Å²) in [6.07, 6.45) is 3.19. The van der Waals surface area contributed by atoms with Crippen LogP contribution in [0.3, 0.4) is 0 Å². The molecule has 0 radical (unpaired) electrons. The van der Waals surface area contributed by atoms with Gasteiger partial charge in [-0.1, -0.05) is 37.3 Å². The van der Waals surface area contributed by atoms with E-state index in [1.807, 2.05) is 12.1 Å². The van der Waals surface area contributed by atoms with Crippen LogP contribution in [0.2, 0.25) is 0 Å². The Kier molecular flexibility index (Phi) is 2.83. The van der Waals surface area contributed by atoms with Gasteiger partial charge >= 0.3 is 0 Å². The standard InChI is InChI=1S/C17H18O/c1-2-12-9-13-7-8-16(18)11-15(13)10-14-5-3-4-6-17(12)14/h3-8,11-12,18H,2,9-10H2,1H3/t12-/m1/s1. The van der Waals surface area contributed by atoms with Crippen LogP contribution in [0.4, 0.5) is 0 Å². The van der Waals surface area contributed by atoms with Gasteiger partial charge in [0.25, 0.3) is 0 Å². The maximum absolute atomic E-state index is 9.65. The van der Waals surface area contributed by atoms with Crippen molar-refractivity contribution in [1.82, 2.24) is 0 Å². The first-order valence-corrected chi connectivity index (χ1v) is 6.66. The van der Waals surface area contributed by atoms with Crippen LogP contribution in [0, 0.1) is 0 Å². The van der Waals surface area contributed by atoms with Gasteiger partial charge in [-0.25, -0.2) is 0 Å². The normalized spacial score (nSPS) is 17.7. The Morgan fingerprint density at radius 3 is 2.72 bits per heavy atom. The van der Waals surface area contributed by atoms with E-state index < -0.39 is 0 Å². The Labute approximate surface area is 108 Å². The van der Waals surface area contributed by atoms with Crippen molar-refractivity contribution in [3.63, 3.8) is 0 Å². The van der Waals surface area contributed by atoms with E-state index in [9.17, 15) is 5.11 Å². The molecule has 2 aromatic carbocycles. The fraction of sp³-hybridized carbons (Fsp3) is 0.294. The van der Waals surface area contributed by atoms with Gasteiger partial charge in [-0.15, -0.1) is 0 Å². The summed E-state index contributed by atoms with van der Waals surface area (Å²) < 4.78 is 0. The molecular formula is C17H18O. The molecule has 92 valence electrons. The summed E-state index contributed by atoms with van der Waals surface area (Å²) in [6, 6.07) is 14.5. The molecule has 2 aromatic rings. The molecule has 0 heterocycles. The second-order valence-corrected chi connectivity index (χ2v) is 5.14. The van der Waals surface area contributed by atoms with Gasteiger partial charge in [0, 0.05) is 0 Å². The molecule has 1 N–H and O–H groups in total. The van der Waals surface area contributed by atoms with Crippen molar-refractivity contribution in [2.45, 2.75) is 32.1 Å². The van der Waals surface area contributed by atoms with E-state index in [4.69, 9.17) is 0 Å². The molecule has 0 spiro atoms. The molecular weight excluding hydrogens is 220 g/mol. The van der Waals surface area contributed by atoms with Crippen LogP contribution in [0.25, 0.3) is 0 Å². The summed E-state index contributed by atoms with van der Waals surface area (Å²) in [5, 5.41) is 9.65. The number of hydrogen-bond donors (Lipinski definition) is 1. The van der Waals surface area contributed by atoms with Gasteiger partial charge in [0.1, 0.15) is 5.75 Å². The number of aromatic hydroxyl groups is 1. The highest BCUT2D eigenvalue weighted by Crippen LogP contribution is 2.34. The molecule has 0 saturated heterocycles. The van der Waals surface area contributed by atoms with Crippen LogP contribution in [0.5, 0.6) is 5.75 Å². The van der Waals surface area contributed by atoms with E-state index in [0.717, 1.165) is 19.3 Å². The van der Waals surface area contributed by atoms with Gasteiger partial charge in [-0.3, -0.25) is 0 Å². The van der Waals surface area contributed by atoms with E-state index in [2.05, 4.69) is 37.3 Å². The molecule has 0 bridgehead atoms. The minimum atomic E-state index is 0.376. The summed E-state index contributed by atoms with van der Waals surface area (Å²) in [6.45, 7) is 2.26. The summed E-state index contributed by atoms with van der Waals surface area (Å²) in [7, 11) is 0. The maximum atomic E-state index is 9.65. The van der Waals surface area contributed by atoms with Gasteiger partial charge in [0.2, 0.25) is 0 Å². The second-order valence-electron chi connectivity index (χ2n) is 5.14. The van der Waals surface area contributed by atoms with E-state index in [0.29, 0.717) is 11.7 Å². The Morgan fingerprint density at radius 1 is 1.06 bits per heavy atom. The minimum absolute atomic E-state index is 0.376. The Morgan fingerprint density at radius 2 is 1.89 bits per heavy atom. The first-order valence-electron chi connectivity index (χ1n) is 6.66. The molecule has 0 fully saturated rings. The van der Waals surface area contributed by atoms with Gasteiger partial charge in [0.05, 0.1) is 0 Å². The van der Waals surface area contributed by atoms with Crippen LogP contribution >= 0.6 is 0 Å². The summed E-state index contributed by atoms with van der Waals surface area (Å²) in [5.41, 5.74) is 5.55. The van der Waals surface area contributed by atoms with Crippen molar-refractivity contribution in [3.05, 3.63) is 64.7 Å². The van der Waals surface area contributed by atoms with Crippen molar-refractivity contribution < 1.29 is 5.11 Å². The molecule has 18 heavy (non-hydrogen) atoms. The molecule has 0 saturated carbocycles. The summed E-state index contributed by atoms with van der Waals surface area (Å²) in [4.78, 5) is 0. The predicted molar refractivity (Wildman–Crippen MR) is 74.1 cm³/mol. The Hall–Kier alpha value is -1.76. The molecule has 1 aliphatic carbocycles. The first kappa shape index (κ1) is 11.3. The van der Waals surface area contributed by atoms with Crippen LogP contribution in [-0.4, -0.2) is 5.11 Å². The molecule has 1 heteroatoms. The number of rotatable bonds is 1. The van der Waals surface area contributed by atoms with Crippen molar-refractivity contribution in [2.24, 2.45) is 0 Å². The van der Waals surface area contributed by atoms with E-state index >= 15 is 0 Å². The largest absolute Gasteiger partial charge is 0.508 e. The lowest BCUT2D eigenvalue weighted by Gasteiger charge is -2.15. The third-order valence-electron chi connectivity index (χ3n) is 4.02. The lowest BCUT2D eigenvalue weighted by Crippen LogP contribution is -2.01. The lowest BCUT2D eigenvalue weighted by atomic mass is 9.89. The third-order valence-corrected chi connectivity index (χ3v) is 4.02. The van der Waals surface area contributed by atoms with Gasteiger partial charge < -0.3 is 5.11 Å². The van der Waals surface area contributed by atoms with Gasteiger partial charge in [-0.05, 0) is 59.6 Å². The average Bonchev–Trinajstić information content (AvgIpc) is 2.54. The van der Waals surface area contributed by atoms with E-state index in [1.165, 1.54) is 22.3 Å². The Balaban J connectivity index is 2.13. The number of fused-ring (bicyclic) bond motifs is 2. The van der Waals surface area contributed by atoms with Crippen LogP contribution in [0.1, 0.15) is 41.5 Å². The number of phenols is 1. The summed E-state index contributed by atoms with van der Waals surface area (Å²) >= 11 is 0. The first-order chi connectivity index (χ1) is 8.78. The molecule has 0 aliphatic heterocycles. The zero-order valence-corrected chi connectivity index (χ0v) is 10.7. The number of benzene rings is 2. The number of hydrogen-bond acceptors (Lipinski definition) is 1. The Bertz CT molecular complexity index is 572. The van der Waals surface area contributed by atoms with Crippen molar-refractivity contribution in [2.75, 3.05) is 0 Å². The van der Waals surface area contributed by atoms with Gasteiger partial charge in [0.15, 0.2) is 0 Å². The van der Waals surface area contributed by atoms with Crippen LogP contribution in [0.15, 0.2) is 42.5 Å². The molecule has 0 aromatic heterocycles. The predicted octanol–water partition coefficient (Wildman–Crippen LogP) is 4.03. The lowest BCUT2D eigenvalue weighted by molar-refractivity contribution is 0.474. The second kappa shape index (κ2) is 4.49. The quantitative estimate of drug-likeness (QED) is 0.795. The monoisotopic (exact) mass is 238 g/mol. The van der Waals surface area contributed by atoms with Crippen LogP contribution < -0.4 is 0 Å². The minimum Gasteiger partial charge on any atom is -0.508 e. The average molecular weight is 238 g/mol. The number of phenolic OH excluding ortho intramolecular Hbond substituents is 1. The molecule has 1 atom stereocenters. The maximum Gasteiger partial charge on any atom is 0.115 e. The fourth-order valence-corrected chi connectivity index (χ4v) is 3.01. The highest BCUT2D eigenvalue weighted by Gasteiger charge is 2.20. The topological polar surface area (TPSA) is 20.2 Å². The van der Waals surface area contributed by atoms with Crippen molar-refractivity contribution >= 4 is 0 Å². The smallest absolute Gasteiger partial charge is 0.115 e. The molecule has 1 aliphatic rings. The zero-order chi connectivity index (χ0) is 12.5. The molecule has 3 rings (SSSR count). The van der Waals surface area contributed by atoms with Crippen molar-refractivity contribution in [3.8, 4) is 5.75 Å². The molecule has 1 nitrogen and oxygen atoms in total. The van der Waals surface area contributed by atoms with E-state index in [1.54, 1.807) is 0 Å². The van der Waals surface area contributed by atoms with E-state index in [-0.39, 0.29) is 0 Å². The third kappa shape index (κ3) is 1.90. The summed E-state index contributed by atoms with van der Waals surface area (Å²) in [5.74, 6) is 0.980.